The van der Waals surface area contributed by atoms with Crippen LogP contribution in [-0.4, -0.2) is 20.8 Å². The highest BCUT2D eigenvalue weighted by atomic mass is 127. The molecule has 4 heteroatoms. The minimum atomic E-state index is 0. The summed E-state index contributed by atoms with van der Waals surface area (Å²) in [5.74, 6) is 2.37. The molecule has 0 spiro atoms. The Labute approximate surface area is 160 Å². The van der Waals surface area contributed by atoms with Crippen molar-refractivity contribution in [3.8, 4) is 0 Å². The molecule has 128 valence electrons. The van der Waals surface area contributed by atoms with E-state index in [9.17, 15) is 0 Å². The zero-order valence-corrected chi connectivity index (χ0v) is 16.8. The summed E-state index contributed by atoms with van der Waals surface area (Å²) in [6.07, 6.45) is 12.2. The molecule has 4 aliphatic rings. The van der Waals surface area contributed by atoms with E-state index in [0.29, 0.717) is 5.92 Å². The van der Waals surface area contributed by atoms with Gasteiger partial charge in [-0.1, -0.05) is 30.7 Å². The first-order valence-corrected chi connectivity index (χ1v) is 8.33. The van der Waals surface area contributed by atoms with E-state index in [1.54, 1.807) is 14.2 Å². The smallest absolute Gasteiger partial charge is 0.195 e. The van der Waals surface area contributed by atoms with Gasteiger partial charge in [0.2, 0.25) is 0 Å². The van der Waals surface area contributed by atoms with E-state index < -0.39 is 0 Å². The second-order valence-corrected chi connectivity index (χ2v) is 6.61. The molecule has 1 unspecified atom stereocenters. The van der Waals surface area contributed by atoms with Gasteiger partial charge in [-0.05, 0) is 48.0 Å². The van der Waals surface area contributed by atoms with Gasteiger partial charge in [-0.25, -0.2) is 0 Å². The largest absolute Gasteiger partial charge is 0.496 e. The highest BCUT2D eigenvalue weighted by Gasteiger charge is 2.34. The monoisotopic (exact) mass is 437 g/mol. The number of allylic oxidation sites excluding steroid dienone is 8. The Kier molecular flexibility index (Phi) is 4.95. The van der Waals surface area contributed by atoms with Crippen molar-refractivity contribution in [1.29, 1.82) is 0 Å². The molecule has 0 aromatic rings. The van der Waals surface area contributed by atoms with Gasteiger partial charge in [0.1, 0.15) is 5.76 Å². The minimum Gasteiger partial charge on any atom is -0.496 e. The van der Waals surface area contributed by atoms with Crippen LogP contribution in [0.2, 0.25) is 0 Å². The Morgan fingerprint density at radius 3 is 2.62 bits per heavy atom. The number of halogens is 1. The van der Waals surface area contributed by atoms with Crippen LogP contribution in [0.4, 0.5) is 0 Å². The molecule has 0 aromatic carbocycles. The maximum atomic E-state index is 5.77. The van der Waals surface area contributed by atoms with Crippen molar-refractivity contribution in [2.45, 2.75) is 26.2 Å². The first-order valence-electron chi connectivity index (χ1n) is 8.33. The zero-order valence-electron chi connectivity index (χ0n) is 14.4. The molecule has 1 N–H and O–H groups in total. The van der Waals surface area contributed by atoms with E-state index in [0.717, 1.165) is 37.4 Å². The molecular formula is C20H24INO2. The van der Waals surface area contributed by atoms with E-state index in [1.165, 1.54) is 33.4 Å². The highest BCUT2D eigenvalue weighted by Crippen LogP contribution is 2.46. The lowest BCUT2D eigenvalue weighted by atomic mass is 9.79. The van der Waals surface area contributed by atoms with Gasteiger partial charge in [-0.15, -0.1) is 24.0 Å². The molecule has 0 fully saturated rings. The molecule has 24 heavy (non-hydrogen) atoms. The van der Waals surface area contributed by atoms with E-state index >= 15 is 0 Å². The normalized spacial score (nSPS) is 24.9. The third-order valence-electron chi connectivity index (χ3n) is 5.09. The summed E-state index contributed by atoms with van der Waals surface area (Å²) < 4.78 is 11.5. The molecule has 0 saturated carbocycles. The fourth-order valence-corrected chi connectivity index (χ4v) is 4.13. The van der Waals surface area contributed by atoms with Crippen molar-refractivity contribution in [2.75, 3.05) is 20.8 Å². The van der Waals surface area contributed by atoms with Crippen LogP contribution < -0.4 is 5.32 Å². The lowest BCUT2D eigenvalue weighted by molar-refractivity contribution is 0.255. The summed E-state index contributed by atoms with van der Waals surface area (Å²) in [7, 11) is 3.52. The van der Waals surface area contributed by atoms with Crippen molar-refractivity contribution in [3.63, 3.8) is 0 Å². The molecule has 3 aliphatic carbocycles. The van der Waals surface area contributed by atoms with Gasteiger partial charge in [0, 0.05) is 12.1 Å². The van der Waals surface area contributed by atoms with Crippen LogP contribution in [-0.2, 0) is 9.47 Å². The van der Waals surface area contributed by atoms with Gasteiger partial charge in [-0.3, -0.25) is 0 Å². The zero-order chi connectivity index (χ0) is 16.0. The molecule has 4 rings (SSSR count). The predicted molar refractivity (Wildman–Crippen MR) is 107 cm³/mol. The van der Waals surface area contributed by atoms with E-state index in [2.05, 4.69) is 36.5 Å². The van der Waals surface area contributed by atoms with Crippen molar-refractivity contribution >= 4 is 24.0 Å². The summed E-state index contributed by atoms with van der Waals surface area (Å²) in [6, 6.07) is 0. The quantitative estimate of drug-likeness (QED) is 0.645. The van der Waals surface area contributed by atoms with Crippen LogP contribution >= 0.6 is 24.0 Å². The third-order valence-corrected chi connectivity index (χ3v) is 5.09. The second-order valence-electron chi connectivity index (χ2n) is 6.61. The van der Waals surface area contributed by atoms with Crippen molar-refractivity contribution in [1.82, 2.24) is 5.32 Å². The number of nitrogens with one attached hydrogen (secondary N) is 1. The number of hydrogen-bond acceptors (Lipinski definition) is 3. The Balaban J connectivity index is 0.00000169. The highest BCUT2D eigenvalue weighted by molar-refractivity contribution is 14.0. The molecule has 1 atom stereocenters. The van der Waals surface area contributed by atoms with Crippen molar-refractivity contribution in [2.24, 2.45) is 5.92 Å². The molecule has 0 aromatic heterocycles. The minimum absolute atomic E-state index is 0. The van der Waals surface area contributed by atoms with E-state index in [4.69, 9.17) is 9.47 Å². The number of fused-ring (bicyclic) bond motifs is 1. The maximum absolute atomic E-state index is 5.77. The van der Waals surface area contributed by atoms with Crippen LogP contribution in [0, 0.1) is 5.92 Å². The SMILES string of the molecule is COC1=CC(C)CC2=C1C1=C(OC)NCC3=C1C(=CC2)C=CC3.I. The molecule has 3 nitrogen and oxygen atoms in total. The Hall–Kier alpha value is -1.43. The molecular weight excluding hydrogens is 413 g/mol. The van der Waals surface area contributed by atoms with Gasteiger partial charge >= 0.3 is 0 Å². The number of ether oxygens (including phenoxy) is 2. The molecule has 0 bridgehead atoms. The summed E-state index contributed by atoms with van der Waals surface area (Å²) in [6.45, 7) is 3.11. The topological polar surface area (TPSA) is 30.5 Å². The van der Waals surface area contributed by atoms with E-state index in [-0.39, 0.29) is 24.0 Å². The molecule has 0 saturated heterocycles. The van der Waals surface area contributed by atoms with Crippen molar-refractivity contribution in [3.05, 3.63) is 69.4 Å². The van der Waals surface area contributed by atoms with Crippen molar-refractivity contribution < 1.29 is 9.47 Å². The Bertz CT molecular complexity index is 750. The maximum Gasteiger partial charge on any atom is 0.195 e. The summed E-state index contributed by atoms with van der Waals surface area (Å²) in [4.78, 5) is 0. The fraction of sp³-hybridized carbons (Fsp3) is 0.400. The van der Waals surface area contributed by atoms with Gasteiger partial charge in [-0.2, -0.15) is 0 Å². The van der Waals surface area contributed by atoms with Crippen LogP contribution in [0.25, 0.3) is 0 Å². The van der Waals surface area contributed by atoms with Crippen LogP contribution in [0.1, 0.15) is 26.2 Å². The predicted octanol–water partition coefficient (Wildman–Crippen LogP) is 4.52. The first-order chi connectivity index (χ1) is 11.2. The van der Waals surface area contributed by atoms with E-state index in [1.807, 2.05) is 0 Å². The average molecular weight is 437 g/mol. The summed E-state index contributed by atoms with van der Waals surface area (Å²) in [5.41, 5.74) is 8.01. The Morgan fingerprint density at radius 2 is 1.88 bits per heavy atom. The number of hydrogen-bond donors (Lipinski definition) is 1. The van der Waals surface area contributed by atoms with Gasteiger partial charge in [0.15, 0.2) is 5.88 Å². The lowest BCUT2D eigenvalue weighted by Gasteiger charge is -2.32. The number of methoxy groups -OCH3 is 2. The third kappa shape index (κ3) is 2.65. The first kappa shape index (κ1) is 17.4. The van der Waals surface area contributed by atoms with Gasteiger partial charge in [0.05, 0.1) is 19.8 Å². The Morgan fingerprint density at radius 1 is 1.04 bits per heavy atom. The number of rotatable bonds is 2. The lowest BCUT2D eigenvalue weighted by Crippen LogP contribution is -2.28. The fourth-order valence-electron chi connectivity index (χ4n) is 4.13. The molecule has 0 radical (unpaired) electrons. The summed E-state index contributed by atoms with van der Waals surface area (Å²) in [5, 5.41) is 3.46. The number of dihydropyridines is 1. The molecule has 1 aliphatic heterocycles. The average Bonchev–Trinajstić information content (AvgIpc) is 2.74. The summed E-state index contributed by atoms with van der Waals surface area (Å²) >= 11 is 0. The molecule has 0 amide bonds. The van der Waals surface area contributed by atoms with Crippen LogP contribution in [0.3, 0.4) is 0 Å². The standard InChI is InChI=1S/C20H23NO2.HI/c1-12-9-14-8-7-13-5-4-6-15-11-21-20(23-3)19(17(13)15)18(14)16(10-12)22-2;/h4-5,7,10,12,21H,6,8-9,11H2,1-3H3;1H. The van der Waals surface area contributed by atoms with Gasteiger partial charge < -0.3 is 14.8 Å². The van der Waals surface area contributed by atoms with Gasteiger partial charge in [0.25, 0.3) is 0 Å². The van der Waals surface area contributed by atoms with Crippen LogP contribution in [0.15, 0.2) is 69.4 Å². The molecule has 1 heterocycles. The van der Waals surface area contributed by atoms with Crippen LogP contribution in [0.5, 0.6) is 0 Å². The second kappa shape index (κ2) is 6.82.